The number of amides is 1. The first-order valence-corrected chi connectivity index (χ1v) is 7.03. The molecule has 0 unspecified atom stereocenters. The highest BCUT2D eigenvalue weighted by molar-refractivity contribution is 5.93. The first kappa shape index (κ1) is 15.2. The standard InChI is InChI=1S/C17H20N2O2/c1-13(2)21-12-15-5-3-4-14(10-15)11-19-17(20)16-6-8-18-9-7-16/h3-10,13H,11-12H2,1-2H3,(H,19,20). The molecule has 1 aromatic carbocycles. The van der Waals surface area contributed by atoms with E-state index in [2.05, 4.69) is 16.4 Å². The Labute approximate surface area is 125 Å². The first-order valence-electron chi connectivity index (χ1n) is 7.03. The minimum atomic E-state index is -0.0961. The van der Waals surface area contributed by atoms with Crippen molar-refractivity contribution in [1.29, 1.82) is 0 Å². The van der Waals surface area contributed by atoms with E-state index in [-0.39, 0.29) is 12.0 Å². The zero-order valence-electron chi connectivity index (χ0n) is 12.4. The van der Waals surface area contributed by atoms with Crippen LogP contribution in [-0.2, 0) is 17.9 Å². The molecule has 0 fully saturated rings. The predicted octanol–water partition coefficient (Wildman–Crippen LogP) is 2.94. The van der Waals surface area contributed by atoms with E-state index in [1.54, 1.807) is 24.5 Å². The molecule has 4 heteroatoms. The number of pyridine rings is 1. The highest BCUT2D eigenvalue weighted by atomic mass is 16.5. The van der Waals surface area contributed by atoms with Gasteiger partial charge in [0.2, 0.25) is 0 Å². The van der Waals surface area contributed by atoms with Gasteiger partial charge in [0.15, 0.2) is 0 Å². The number of carbonyl (C=O) groups is 1. The third-order valence-corrected chi connectivity index (χ3v) is 2.97. The fourth-order valence-electron chi connectivity index (χ4n) is 1.88. The van der Waals surface area contributed by atoms with Gasteiger partial charge in [0.05, 0.1) is 12.7 Å². The summed E-state index contributed by atoms with van der Waals surface area (Å²) in [4.78, 5) is 15.9. The average molecular weight is 284 g/mol. The Bertz CT molecular complexity index is 582. The Morgan fingerprint density at radius 1 is 1.19 bits per heavy atom. The average Bonchev–Trinajstić information content (AvgIpc) is 2.52. The number of aromatic nitrogens is 1. The summed E-state index contributed by atoms with van der Waals surface area (Å²) in [5.41, 5.74) is 2.78. The molecule has 0 aliphatic heterocycles. The zero-order chi connectivity index (χ0) is 15.1. The number of hydrogen-bond donors (Lipinski definition) is 1. The van der Waals surface area contributed by atoms with E-state index in [1.165, 1.54) is 0 Å². The lowest BCUT2D eigenvalue weighted by molar-refractivity contribution is 0.0657. The lowest BCUT2D eigenvalue weighted by Crippen LogP contribution is -2.22. The Kier molecular flexibility index (Phi) is 5.46. The lowest BCUT2D eigenvalue weighted by Gasteiger charge is -2.10. The van der Waals surface area contributed by atoms with Crippen LogP contribution in [0, 0.1) is 0 Å². The largest absolute Gasteiger partial charge is 0.374 e. The van der Waals surface area contributed by atoms with Gasteiger partial charge in [-0.25, -0.2) is 0 Å². The lowest BCUT2D eigenvalue weighted by atomic mass is 10.1. The maximum absolute atomic E-state index is 12.0. The number of nitrogens with one attached hydrogen (secondary N) is 1. The molecule has 2 rings (SSSR count). The third-order valence-electron chi connectivity index (χ3n) is 2.97. The van der Waals surface area contributed by atoms with Crippen molar-refractivity contribution in [2.75, 3.05) is 0 Å². The molecular weight excluding hydrogens is 264 g/mol. The summed E-state index contributed by atoms with van der Waals surface area (Å²) in [6.07, 6.45) is 3.43. The van der Waals surface area contributed by atoms with Crippen LogP contribution in [0.3, 0.4) is 0 Å². The van der Waals surface area contributed by atoms with Crippen molar-refractivity contribution in [3.63, 3.8) is 0 Å². The molecule has 21 heavy (non-hydrogen) atoms. The van der Waals surface area contributed by atoms with E-state index in [1.807, 2.05) is 32.0 Å². The van der Waals surface area contributed by atoms with Gasteiger partial charge in [-0.3, -0.25) is 9.78 Å². The Morgan fingerprint density at radius 2 is 1.90 bits per heavy atom. The fourth-order valence-corrected chi connectivity index (χ4v) is 1.88. The smallest absolute Gasteiger partial charge is 0.251 e. The monoisotopic (exact) mass is 284 g/mol. The highest BCUT2D eigenvalue weighted by Gasteiger charge is 2.04. The van der Waals surface area contributed by atoms with Crippen LogP contribution in [-0.4, -0.2) is 17.0 Å². The SMILES string of the molecule is CC(C)OCc1cccc(CNC(=O)c2ccncc2)c1. The molecule has 0 aliphatic carbocycles. The summed E-state index contributed by atoms with van der Waals surface area (Å²) >= 11 is 0. The molecule has 2 aromatic rings. The van der Waals surface area contributed by atoms with E-state index in [4.69, 9.17) is 4.74 Å². The van der Waals surface area contributed by atoms with Gasteiger partial charge in [-0.1, -0.05) is 24.3 Å². The summed E-state index contributed by atoms with van der Waals surface area (Å²) in [5.74, 6) is -0.0961. The van der Waals surface area contributed by atoms with Crippen LogP contribution in [0.2, 0.25) is 0 Å². The molecule has 110 valence electrons. The number of ether oxygens (including phenoxy) is 1. The molecule has 0 aliphatic rings. The van der Waals surface area contributed by atoms with Gasteiger partial charge in [0.1, 0.15) is 0 Å². The highest BCUT2D eigenvalue weighted by Crippen LogP contribution is 2.08. The van der Waals surface area contributed by atoms with Gasteiger partial charge in [0.25, 0.3) is 5.91 Å². The van der Waals surface area contributed by atoms with Gasteiger partial charge < -0.3 is 10.1 Å². The van der Waals surface area contributed by atoms with Crippen molar-refractivity contribution in [2.45, 2.75) is 33.1 Å². The Balaban J connectivity index is 1.91. The van der Waals surface area contributed by atoms with Crippen molar-refractivity contribution >= 4 is 5.91 Å². The topological polar surface area (TPSA) is 51.2 Å². The summed E-state index contributed by atoms with van der Waals surface area (Å²) < 4.78 is 5.58. The van der Waals surface area contributed by atoms with Crippen molar-refractivity contribution in [3.05, 3.63) is 65.5 Å². The van der Waals surface area contributed by atoms with E-state index in [0.717, 1.165) is 11.1 Å². The molecule has 0 bridgehead atoms. The second kappa shape index (κ2) is 7.55. The summed E-state index contributed by atoms with van der Waals surface area (Å²) in [7, 11) is 0. The van der Waals surface area contributed by atoms with Gasteiger partial charge >= 0.3 is 0 Å². The van der Waals surface area contributed by atoms with E-state index >= 15 is 0 Å². The molecule has 1 aromatic heterocycles. The minimum Gasteiger partial charge on any atom is -0.374 e. The second-order valence-corrected chi connectivity index (χ2v) is 5.10. The van der Waals surface area contributed by atoms with Crippen molar-refractivity contribution in [2.24, 2.45) is 0 Å². The maximum atomic E-state index is 12.0. The zero-order valence-corrected chi connectivity index (χ0v) is 12.4. The van der Waals surface area contributed by atoms with Crippen molar-refractivity contribution in [1.82, 2.24) is 10.3 Å². The maximum Gasteiger partial charge on any atom is 0.251 e. The number of hydrogen-bond acceptors (Lipinski definition) is 3. The van der Waals surface area contributed by atoms with Crippen molar-refractivity contribution < 1.29 is 9.53 Å². The molecule has 1 heterocycles. The van der Waals surface area contributed by atoms with E-state index in [9.17, 15) is 4.79 Å². The van der Waals surface area contributed by atoms with Gasteiger partial charge in [0, 0.05) is 24.5 Å². The molecule has 0 spiro atoms. The molecule has 1 amide bonds. The van der Waals surface area contributed by atoms with Crippen LogP contribution in [0.4, 0.5) is 0 Å². The van der Waals surface area contributed by atoms with Crippen LogP contribution >= 0.6 is 0 Å². The Hall–Kier alpha value is -2.20. The molecule has 1 N–H and O–H groups in total. The number of benzene rings is 1. The minimum absolute atomic E-state index is 0.0961. The number of rotatable bonds is 6. The van der Waals surface area contributed by atoms with Gasteiger partial charge in [-0.05, 0) is 37.1 Å². The summed E-state index contributed by atoms with van der Waals surface area (Å²) in [5, 5.41) is 2.90. The summed E-state index contributed by atoms with van der Waals surface area (Å²) in [6.45, 7) is 5.11. The van der Waals surface area contributed by atoms with E-state index < -0.39 is 0 Å². The fraction of sp³-hybridized carbons (Fsp3) is 0.294. The molecule has 0 saturated carbocycles. The van der Waals surface area contributed by atoms with Crippen molar-refractivity contribution in [3.8, 4) is 0 Å². The molecule has 4 nitrogen and oxygen atoms in total. The Morgan fingerprint density at radius 3 is 2.62 bits per heavy atom. The molecule has 0 saturated heterocycles. The normalized spacial score (nSPS) is 10.6. The predicted molar refractivity (Wildman–Crippen MR) is 81.8 cm³/mol. The van der Waals surface area contributed by atoms with Crippen LogP contribution in [0.15, 0.2) is 48.8 Å². The van der Waals surface area contributed by atoms with Crippen LogP contribution < -0.4 is 5.32 Å². The second-order valence-electron chi connectivity index (χ2n) is 5.10. The molecular formula is C17H20N2O2. The van der Waals surface area contributed by atoms with Crippen LogP contribution in [0.5, 0.6) is 0 Å². The third kappa shape index (κ3) is 5.00. The quantitative estimate of drug-likeness (QED) is 0.887. The van der Waals surface area contributed by atoms with Crippen LogP contribution in [0.1, 0.15) is 35.3 Å². The van der Waals surface area contributed by atoms with Gasteiger partial charge in [-0.15, -0.1) is 0 Å². The molecule has 0 atom stereocenters. The van der Waals surface area contributed by atoms with E-state index in [0.29, 0.717) is 18.7 Å². The number of nitrogens with zero attached hydrogens (tertiary/aromatic N) is 1. The van der Waals surface area contributed by atoms with Crippen LogP contribution in [0.25, 0.3) is 0 Å². The number of carbonyl (C=O) groups excluding carboxylic acids is 1. The molecule has 0 radical (unpaired) electrons. The first-order chi connectivity index (χ1) is 10.1. The summed E-state index contributed by atoms with van der Waals surface area (Å²) in [6, 6.07) is 11.4. The van der Waals surface area contributed by atoms with Gasteiger partial charge in [-0.2, -0.15) is 0 Å².